The van der Waals surface area contributed by atoms with Gasteiger partial charge in [-0.2, -0.15) is 5.26 Å². The predicted octanol–water partition coefficient (Wildman–Crippen LogP) is 3.18. The Labute approximate surface area is 91.2 Å². The highest BCUT2D eigenvalue weighted by molar-refractivity contribution is 5.35. The van der Waals surface area contributed by atoms with E-state index in [2.05, 4.69) is 39.0 Å². The zero-order valence-electron chi connectivity index (χ0n) is 9.58. The molecule has 0 N–H and O–H groups in total. The smallest absolute Gasteiger partial charge is 0.118 e. The Morgan fingerprint density at radius 2 is 2.13 bits per heavy atom. The van der Waals surface area contributed by atoms with Crippen molar-refractivity contribution in [3.63, 3.8) is 0 Å². The van der Waals surface area contributed by atoms with Crippen molar-refractivity contribution in [2.75, 3.05) is 0 Å². The average molecular weight is 203 g/mol. The van der Waals surface area contributed by atoms with E-state index in [1.165, 1.54) is 0 Å². The first-order valence-corrected chi connectivity index (χ1v) is 5.52. The molecule has 3 rings (SSSR count). The number of ether oxygens (including phenoxy) is 1. The molecule has 2 unspecified atom stereocenters. The van der Waals surface area contributed by atoms with Gasteiger partial charge in [-0.25, -0.2) is 0 Å². The maximum absolute atomic E-state index is 9.23. The summed E-state index contributed by atoms with van der Waals surface area (Å²) in [7, 11) is 0. The summed E-state index contributed by atoms with van der Waals surface area (Å²) in [5.74, 6) is 1.26. The number of nitrogens with zero attached hydrogens (tertiary/aromatic N) is 1. The van der Waals surface area contributed by atoms with Gasteiger partial charge >= 0.3 is 0 Å². The van der Waals surface area contributed by atoms with E-state index >= 15 is 0 Å². The van der Waals surface area contributed by atoms with Crippen LogP contribution in [0.3, 0.4) is 0 Å². The summed E-state index contributed by atoms with van der Waals surface area (Å²) in [6.45, 7) is 6.19. The summed E-state index contributed by atoms with van der Waals surface area (Å²) >= 11 is 0. The first kappa shape index (κ1) is 10.3. The van der Waals surface area contributed by atoms with Gasteiger partial charge in [0.1, 0.15) is 11.9 Å². The molecule has 3 aliphatic rings. The predicted molar refractivity (Wildman–Crippen MR) is 58.8 cm³/mol. The minimum absolute atomic E-state index is 0.116. The summed E-state index contributed by atoms with van der Waals surface area (Å²) in [6.07, 6.45) is 6.73. The fourth-order valence-electron chi connectivity index (χ4n) is 2.20. The minimum Gasteiger partial charge on any atom is -0.489 e. The molecule has 0 radical (unpaired) electrons. The van der Waals surface area contributed by atoms with Crippen molar-refractivity contribution < 1.29 is 4.74 Å². The third-order valence-corrected chi connectivity index (χ3v) is 3.04. The molecule has 2 aliphatic heterocycles. The first-order valence-electron chi connectivity index (χ1n) is 5.52. The van der Waals surface area contributed by atoms with Crippen LogP contribution in [0.4, 0.5) is 0 Å². The molecule has 2 nitrogen and oxygen atoms in total. The molecule has 2 atom stereocenters. The molecule has 80 valence electrons. The quantitative estimate of drug-likeness (QED) is 0.447. The fraction of sp³-hybridized carbons (Fsp3) is 0.615. The van der Waals surface area contributed by atoms with Crippen LogP contribution in [0.25, 0.3) is 0 Å². The van der Waals surface area contributed by atoms with Crippen molar-refractivity contribution in [2.45, 2.75) is 39.7 Å². The van der Waals surface area contributed by atoms with E-state index in [0.29, 0.717) is 5.92 Å². The van der Waals surface area contributed by atoms with Crippen LogP contribution < -0.4 is 0 Å². The Kier molecular flexibility index (Phi) is 2.34. The van der Waals surface area contributed by atoms with Gasteiger partial charge in [0.2, 0.25) is 0 Å². The van der Waals surface area contributed by atoms with Gasteiger partial charge in [-0.1, -0.05) is 26.8 Å². The van der Waals surface area contributed by atoms with E-state index in [4.69, 9.17) is 4.74 Å². The van der Waals surface area contributed by atoms with E-state index in [1.807, 2.05) is 0 Å². The van der Waals surface area contributed by atoms with Gasteiger partial charge in [-0.05, 0) is 18.9 Å². The maximum atomic E-state index is 9.23. The lowest BCUT2D eigenvalue weighted by Gasteiger charge is -2.36. The highest BCUT2D eigenvalue weighted by atomic mass is 16.5. The minimum atomic E-state index is -0.116. The molecule has 1 aliphatic carbocycles. The van der Waals surface area contributed by atoms with Gasteiger partial charge < -0.3 is 4.74 Å². The Hall–Kier alpha value is -1.23. The number of nitriles is 1. The highest BCUT2D eigenvalue weighted by Crippen LogP contribution is 2.40. The van der Waals surface area contributed by atoms with E-state index < -0.39 is 0 Å². The maximum Gasteiger partial charge on any atom is 0.118 e. The van der Waals surface area contributed by atoms with Crippen molar-refractivity contribution in [1.29, 1.82) is 5.26 Å². The highest BCUT2D eigenvalue weighted by Gasteiger charge is 2.34. The molecule has 2 heterocycles. The lowest BCUT2D eigenvalue weighted by atomic mass is 9.80. The topological polar surface area (TPSA) is 33.0 Å². The number of rotatable bonds is 0. The van der Waals surface area contributed by atoms with Crippen molar-refractivity contribution in [3.8, 4) is 6.07 Å². The lowest BCUT2D eigenvalue weighted by Crippen LogP contribution is -2.29. The van der Waals surface area contributed by atoms with Crippen LogP contribution in [0.15, 0.2) is 23.5 Å². The second-order valence-corrected chi connectivity index (χ2v) is 5.33. The van der Waals surface area contributed by atoms with E-state index in [-0.39, 0.29) is 11.5 Å². The van der Waals surface area contributed by atoms with Gasteiger partial charge in [0.25, 0.3) is 0 Å². The molecular formula is C13H17NO. The molecule has 0 aromatic heterocycles. The standard InChI is InChI=1S/C13H17NO/c1-13(2,3)11(8-14)12-9-4-6-10(15-12)7-5-9/h4,6,9-10H,5,7H2,1-3H3/b12-11+. The van der Waals surface area contributed by atoms with Crippen molar-refractivity contribution in [2.24, 2.45) is 11.3 Å². The SMILES string of the molecule is CC(C)(C)/C(C#N)=C1/OC2C=CC1CC2. The monoisotopic (exact) mass is 203 g/mol. The van der Waals surface area contributed by atoms with Gasteiger partial charge in [0, 0.05) is 11.3 Å². The fourth-order valence-corrected chi connectivity index (χ4v) is 2.20. The molecule has 15 heavy (non-hydrogen) atoms. The largest absolute Gasteiger partial charge is 0.489 e. The molecule has 0 saturated carbocycles. The summed E-state index contributed by atoms with van der Waals surface area (Å²) in [5, 5.41) is 9.23. The molecular weight excluding hydrogens is 186 g/mol. The van der Waals surface area contributed by atoms with Crippen molar-refractivity contribution >= 4 is 0 Å². The van der Waals surface area contributed by atoms with Crippen LogP contribution >= 0.6 is 0 Å². The van der Waals surface area contributed by atoms with Crippen LogP contribution in [0, 0.1) is 22.7 Å². The van der Waals surface area contributed by atoms with Crippen LogP contribution in [0.1, 0.15) is 33.6 Å². The Morgan fingerprint density at radius 3 is 2.47 bits per heavy atom. The molecule has 2 heteroatoms. The zero-order valence-corrected chi connectivity index (χ0v) is 9.58. The van der Waals surface area contributed by atoms with Crippen molar-refractivity contribution in [3.05, 3.63) is 23.5 Å². The third kappa shape index (κ3) is 1.79. The van der Waals surface area contributed by atoms with Crippen molar-refractivity contribution in [1.82, 2.24) is 0 Å². The first-order chi connectivity index (χ1) is 7.02. The van der Waals surface area contributed by atoms with Gasteiger partial charge in [0.05, 0.1) is 11.6 Å². The summed E-state index contributed by atoms with van der Waals surface area (Å²) in [4.78, 5) is 0. The molecule has 0 amide bonds. The second kappa shape index (κ2) is 3.41. The Morgan fingerprint density at radius 1 is 1.40 bits per heavy atom. The van der Waals surface area contributed by atoms with Crippen LogP contribution in [-0.2, 0) is 4.74 Å². The molecule has 2 bridgehead atoms. The molecule has 0 aromatic rings. The normalized spacial score (nSPS) is 32.1. The lowest BCUT2D eigenvalue weighted by molar-refractivity contribution is 0.0710. The molecule has 0 aromatic carbocycles. The number of fused-ring (bicyclic) bond motifs is 2. The van der Waals surface area contributed by atoms with Gasteiger partial charge in [-0.15, -0.1) is 0 Å². The second-order valence-electron chi connectivity index (χ2n) is 5.33. The summed E-state index contributed by atoms with van der Waals surface area (Å²) in [6, 6.07) is 2.32. The van der Waals surface area contributed by atoms with Crippen LogP contribution in [0.5, 0.6) is 0 Å². The van der Waals surface area contributed by atoms with E-state index in [0.717, 1.165) is 24.2 Å². The zero-order chi connectivity index (χ0) is 11.1. The van der Waals surface area contributed by atoms with Gasteiger partial charge in [0.15, 0.2) is 0 Å². The van der Waals surface area contributed by atoms with E-state index in [9.17, 15) is 5.26 Å². The van der Waals surface area contributed by atoms with Crippen LogP contribution in [-0.4, -0.2) is 6.10 Å². The summed E-state index contributed by atoms with van der Waals surface area (Å²) in [5.41, 5.74) is 0.691. The molecule has 1 saturated heterocycles. The van der Waals surface area contributed by atoms with Gasteiger partial charge in [-0.3, -0.25) is 0 Å². The number of hydrogen-bond donors (Lipinski definition) is 0. The van der Waals surface area contributed by atoms with Crippen LogP contribution in [0.2, 0.25) is 0 Å². The van der Waals surface area contributed by atoms with E-state index in [1.54, 1.807) is 0 Å². The Balaban J connectivity index is 2.42. The molecule has 0 spiro atoms. The third-order valence-electron chi connectivity index (χ3n) is 3.04. The average Bonchev–Trinajstić information content (AvgIpc) is 2.18. The number of hydrogen-bond acceptors (Lipinski definition) is 2. The number of allylic oxidation sites excluding steroid dienone is 2. The molecule has 1 fully saturated rings. The Bertz CT molecular complexity index is 365. The summed E-state index contributed by atoms with van der Waals surface area (Å²) < 4.78 is 5.84.